The van der Waals surface area contributed by atoms with Crippen molar-refractivity contribution in [2.24, 2.45) is 0 Å². The average molecular weight is 407 g/mol. The van der Waals surface area contributed by atoms with E-state index in [1.165, 1.54) is 4.90 Å². The number of anilines is 2. The number of hydrogen-bond acceptors (Lipinski definition) is 4. The second-order valence-electron chi connectivity index (χ2n) is 7.60. The standard InChI is InChI=1S/C23H25N3O4/c27-21(13-17-7-3-1-4-8-17)24-18-9-10-20-19(14-18)26(23(29)16-30-20)15-22(28)25-11-5-2-6-12-25/h1,3-4,7-10,14H,2,5-6,11-13,15-16H2,(H,24,27). The number of nitrogens with zero attached hydrogens (tertiary/aromatic N) is 2. The number of carbonyl (C=O) groups excluding carboxylic acids is 3. The number of fused-ring (bicyclic) bond motifs is 1. The molecule has 0 radical (unpaired) electrons. The van der Waals surface area contributed by atoms with Crippen molar-refractivity contribution in [3.8, 4) is 5.75 Å². The Morgan fingerprint density at radius 2 is 1.77 bits per heavy atom. The summed E-state index contributed by atoms with van der Waals surface area (Å²) in [5.41, 5.74) is 1.98. The second-order valence-corrected chi connectivity index (χ2v) is 7.60. The number of hydrogen-bond donors (Lipinski definition) is 1. The Labute approximate surface area is 175 Å². The Bertz CT molecular complexity index is 939. The monoisotopic (exact) mass is 407 g/mol. The molecular weight excluding hydrogens is 382 g/mol. The minimum absolute atomic E-state index is 0.0173. The highest BCUT2D eigenvalue weighted by molar-refractivity contribution is 6.03. The molecule has 2 aromatic carbocycles. The summed E-state index contributed by atoms with van der Waals surface area (Å²) in [4.78, 5) is 40.9. The molecule has 2 aliphatic heterocycles. The fourth-order valence-electron chi connectivity index (χ4n) is 3.82. The normalized spacial score (nSPS) is 15.9. The molecule has 0 spiro atoms. The molecule has 7 heteroatoms. The molecule has 1 N–H and O–H groups in total. The summed E-state index contributed by atoms with van der Waals surface area (Å²) in [6.07, 6.45) is 3.38. The van der Waals surface area contributed by atoms with Gasteiger partial charge in [-0.1, -0.05) is 30.3 Å². The van der Waals surface area contributed by atoms with Gasteiger partial charge in [-0.05, 0) is 43.0 Å². The third kappa shape index (κ3) is 4.62. The van der Waals surface area contributed by atoms with Crippen molar-refractivity contribution in [3.05, 3.63) is 54.1 Å². The van der Waals surface area contributed by atoms with Crippen LogP contribution in [0.15, 0.2) is 48.5 Å². The molecule has 30 heavy (non-hydrogen) atoms. The van der Waals surface area contributed by atoms with Crippen molar-refractivity contribution in [1.82, 2.24) is 4.90 Å². The van der Waals surface area contributed by atoms with Crippen molar-refractivity contribution in [3.63, 3.8) is 0 Å². The predicted molar refractivity (Wildman–Crippen MR) is 113 cm³/mol. The first-order chi connectivity index (χ1) is 14.6. The van der Waals surface area contributed by atoms with E-state index in [4.69, 9.17) is 4.74 Å². The molecule has 0 unspecified atom stereocenters. The number of carbonyl (C=O) groups is 3. The van der Waals surface area contributed by atoms with Crippen LogP contribution in [-0.2, 0) is 20.8 Å². The maximum absolute atomic E-state index is 12.7. The highest BCUT2D eigenvalue weighted by Gasteiger charge is 2.29. The van der Waals surface area contributed by atoms with Gasteiger partial charge in [-0.3, -0.25) is 19.3 Å². The summed E-state index contributed by atoms with van der Waals surface area (Å²) in [5, 5.41) is 2.86. The van der Waals surface area contributed by atoms with Crippen LogP contribution in [0.1, 0.15) is 24.8 Å². The Balaban J connectivity index is 1.48. The fourth-order valence-corrected chi connectivity index (χ4v) is 3.82. The maximum Gasteiger partial charge on any atom is 0.265 e. The first-order valence-corrected chi connectivity index (χ1v) is 10.3. The Kier molecular flexibility index (Phi) is 5.97. The number of nitrogens with one attached hydrogen (secondary N) is 1. The number of benzene rings is 2. The predicted octanol–water partition coefficient (Wildman–Crippen LogP) is 2.61. The van der Waals surface area contributed by atoms with E-state index < -0.39 is 0 Å². The molecule has 7 nitrogen and oxygen atoms in total. The summed E-state index contributed by atoms with van der Waals surface area (Å²) >= 11 is 0. The molecule has 2 aromatic rings. The molecule has 156 valence electrons. The van der Waals surface area contributed by atoms with Crippen LogP contribution in [0.3, 0.4) is 0 Å². The number of rotatable bonds is 5. The van der Waals surface area contributed by atoms with Crippen molar-refractivity contribution in [2.45, 2.75) is 25.7 Å². The molecule has 1 saturated heterocycles. The van der Waals surface area contributed by atoms with Crippen LogP contribution >= 0.6 is 0 Å². The molecule has 0 aromatic heterocycles. The third-order valence-corrected chi connectivity index (χ3v) is 5.40. The zero-order valence-corrected chi connectivity index (χ0v) is 16.8. The van der Waals surface area contributed by atoms with Crippen LogP contribution in [0.5, 0.6) is 5.75 Å². The highest BCUT2D eigenvalue weighted by atomic mass is 16.5. The van der Waals surface area contributed by atoms with E-state index in [0.717, 1.165) is 37.9 Å². The fraction of sp³-hybridized carbons (Fsp3) is 0.348. The molecule has 1 fully saturated rings. The van der Waals surface area contributed by atoms with Crippen molar-refractivity contribution >= 4 is 29.1 Å². The van der Waals surface area contributed by atoms with E-state index in [9.17, 15) is 14.4 Å². The van der Waals surface area contributed by atoms with E-state index in [1.807, 2.05) is 35.2 Å². The molecule has 2 heterocycles. The van der Waals surface area contributed by atoms with Gasteiger partial charge in [0, 0.05) is 18.8 Å². The lowest BCUT2D eigenvalue weighted by atomic mass is 10.1. The van der Waals surface area contributed by atoms with Crippen molar-refractivity contribution < 1.29 is 19.1 Å². The van der Waals surface area contributed by atoms with Crippen LogP contribution in [0.25, 0.3) is 0 Å². The summed E-state index contributed by atoms with van der Waals surface area (Å²) in [6.45, 7) is 1.36. The summed E-state index contributed by atoms with van der Waals surface area (Å²) < 4.78 is 5.52. The van der Waals surface area contributed by atoms with Crippen molar-refractivity contribution in [1.29, 1.82) is 0 Å². The number of amides is 3. The van der Waals surface area contributed by atoms with Gasteiger partial charge in [-0.2, -0.15) is 0 Å². The minimum Gasteiger partial charge on any atom is -0.482 e. The van der Waals surface area contributed by atoms with Crippen LogP contribution in [0.4, 0.5) is 11.4 Å². The highest BCUT2D eigenvalue weighted by Crippen LogP contribution is 2.34. The Hall–Kier alpha value is -3.35. The van der Waals surface area contributed by atoms with E-state index in [-0.39, 0.29) is 37.3 Å². The number of ether oxygens (including phenoxy) is 1. The van der Waals surface area contributed by atoms with E-state index >= 15 is 0 Å². The quantitative estimate of drug-likeness (QED) is 0.826. The van der Waals surface area contributed by atoms with Gasteiger partial charge >= 0.3 is 0 Å². The zero-order chi connectivity index (χ0) is 20.9. The molecule has 0 bridgehead atoms. The molecular formula is C23H25N3O4. The molecule has 0 saturated carbocycles. The van der Waals surface area contributed by atoms with Crippen molar-refractivity contribution in [2.75, 3.05) is 36.5 Å². The van der Waals surface area contributed by atoms with Gasteiger partial charge in [0.2, 0.25) is 11.8 Å². The number of piperidine rings is 1. The van der Waals surface area contributed by atoms with Crippen LogP contribution in [-0.4, -0.2) is 48.9 Å². The van der Waals surface area contributed by atoms with Gasteiger partial charge in [0.05, 0.1) is 12.1 Å². The molecule has 0 atom stereocenters. The summed E-state index contributed by atoms with van der Waals surface area (Å²) in [5.74, 6) is 0.0530. The second kappa shape index (κ2) is 8.98. The average Bonchev–Trinajstić information content (AvgIpc) is 2.77. The summed E-state index contributed by atoms with van der Waals surface area (Å²) in [7, 11) is 0. The largest absolute Gasteiger partial charge is 0.482 e. The topological polar surface area (TPSA) is 79.0 Å². The first-order valence-electron chi connectivity index (χ1n) is 10.3. The van der Waals surface area contributed by atoms with E-state index in [2.05, 4.69) is 5.32 Å². The van der Waals surface area contributed by atoms with Gasteiger partial charge in [0.25, 0.3) is 5.91 Å². The van der Waals surface area contributed by atoms with Gasteiger partial charge in [0.1, 0.15) is 12.3 Å². The Morgan fingerprint density at radius 3 is 2.53 bits per heavy atom. The van der Waals surface area contributed by atoms with E-state index in [1.54, 1.807) is 18.2 Å². The van der Waals surface area contributed by atoms with Gasteiger partial charge in [-0.15, -0.1) is 0 Å². The van der Waals surface area contributed by atoms with E-state index in [0.29, 0.717) is 17.1 Å². The molecule has 3 amide bonds. The minimum atomic E-state index is -0.263. The maximum atomic E-state index is 12.7. The summed E-state index contributed by atoms with van der Waals surface area (Å²) in [6, 6.07) is 14.6. The molecule has 2 aliphatic rings. The lowest BCUT2D eigenvalue weighted by Gasteiger charge is -2.33. The molecule has 4 rings (SSSR count). The zero-order valence-electron chi connectivity index (χ0n) is 16.8. The Morgan fingerprint density at radius 1 is 1.00 bits per heavy atom. The molecule has 0 aliphatic carbocycles. The third-order valence-electron chi connectivity index (χ3n) is 5.40. The smallest absolute Gasteiger partial charge is 0.265 e. The van der Waals surface area contributed by atoms with Crippen LogP contribution < -0.4 is 15.0 Å². The number of likely N-dealkylation sites (tertiary alicyclic amines) is 1. The lowest BCUT2D eigenvalue weighted by molar-refractivity contribution is -0.132. The van der Waals surface area contributed by atoms with Crippen LogP contribution in [0, 0.1) is 0 Å². The lowest BCUT2D eigenvalue weighted by Crippen LogP contribution is -2.47. The van der Waals surface area contributed by atoms with Crippen LogP contribution in [0.2, 0.25) is 0 Å². The van der Waals surface area contributed by atoms with Gasteiger partial charge in [0.15, 0.2) is 6.61 Å². The first kappa shape index (κ1) is 19.9. The SMILES string of the molecule is O=C(Cc1ccccc1)Nc1ccc2c(c1)N(CC(=O)N1CCCCC1)C(=O)CO2. The van der Waals surface area contributed by atoms with Gasteiger partial charge < -0.3 is 15.0 Å². The van der Waals surface area contributed by atoms with Gasteiger partial charge in [-0.25, -0.2) is 0 Å².